The molecule has 0 atom stereocenters. The SMILES string of the molecule is COc1ccc(CCN(C)c2nc(C)nc3cnccc23)cc1. The molecule has 3 rings (SSSR count). The summed E-state index contributed by atoms with van der Waals surface area (Å²) in [4.78, 5) is 15.4. The lowest BCUT2D eigenvalue weighted by Gasteiger charge is -2.20. The van der Waals surface area contributed by atoms with Crippen LogP contribution in [0.3, 0.4) is 0 Å². The molecule has 1 aromatic carbocycles. The smallest absolute Gasteiger partial charge is 0.140 e. The highest BCUT2D eigenvalue weighted by molar-refractivity contribution is 5.88. The number of nitrogens with zero attached hydrogens (tertiary/aromatic N) is 4. The van der Waals surface area contributed by atoms with E-state index in [1.165, 1.54) is 5.56 Å². The maximum atomic E-state index is 5.19. The number of methoxy groups -OCH3 is 1. The van der Waals surface area contributed by atoms with Crippen molar-refractivity contribution in [3.63, 3.8) is 0 Å². The molecule has 0 amide bonds. The molecule has 0 saturated carbocycles. The number of hydrogen-bond acceptors (Lipinski definition) is 5. The van der Waals surface area contributed by atoms with E-state index in [4.69, 9.17) is 4.74 Å². The van der Waals surface area contributed by atoms with Crippen molar-refractivity contribution in [2.24, 2.45) is 0 Å². The summed E-state index contributed by atoms with van der Waals surface area (Å²) >= 11 is 0. The number of hydrogen-bond donors (Lipinski definition) is 0. The Labute approximate surface area is 136 Å². The molecule has 23 heavy (non-hydrogen) atoms. The van der Waals surface area contributed by atoms with Crippen LogP contribution in [0, 0.1) is 6.92 Å². The van der Waals surface area contributed by atoms with Crippen LogP contribution in [0.25, 0.3) is 10.9 Å². The number of aromatic nitrogens is 3. The fourth-order valence-corrected chi connectivity index (χ4v) is 2.56. The second kappa shape index (κ2) is 6.60. The minimum absolute atomic E-state index is 0.761. The van der Waals surface area contributed by atoms with Crippen LogP contribution in [0.2, 0.25) is 0 Å². The van der Waals surface area contributed by atoms with Gasteiger partial charge in [-0.1, -0.05) is 12.1 Å². The van der Waals surface area contributed by atoms with Gasteiger partial charge in [-0.15, -0.1) is 0 Å². The number of benzene rings is 1. The molecule has 2 aromatic heterocycles. The maximum absolute atomic E-state index is 5.19. The second-order valence-corrected chi connectivity index (χ2v) is 5.51. The molecular weight excluding hydrogens is 288 g/mol. The summed E-state index contributed by atoms with van der Waals surface area (Å²) in [7, 11) is 3.74. The zero-order valence-corrected chi connectivity index (χ0v) is 13.7. The maximum Gasteiger partial charge on any atom is 0.140 e. The van der Waals surface area contributed by atoms with Crippen molar-refractivity contribution in [3.8, 4) is 5.75 Å². The van der Waals surface area contributed by atoms with Crippen molar-refractivity contribution >= 4 is 16.7 Å². The topological polar surface area (TPSA) is 51.1 Å². The third-order valence-corrected chi connectivity index (χ3v) is 3.85. The highest BCUT2D eigenvalue weighted by Crippen LogP contribution is 2.22. The van der Waals surface area contributed by atoms with Gasteiger partial charge in [-0.2, -0.15) is 0 Å². The van der Waals surface area contributed by atoms with Gasteiger partial charge in [0.05, 0.1) is 18.8 Å². The summed E-state index contributed by atoms with van der Waals surface area (Å²) in [5.74, 6) is 2.59. The average Bonchev–Trinajstić information content (AvgIpc) is 2.59. The normalized spacial score (nSPS) is 10.7. The third kappa shape index (κ3) is 3.39. The minimum atomic E-state index is 0.761. The predicted octanol–water partition coefficient (Wildman–Crippen LogP) is 3.02. The molecule has 2 heterocycles. The van der Waals surface area contributed by atoms with E-state index >= 15 is 0 Å². The summed E-state index contributed by atoms with van der Waals surface area (Å²) in [6.45, 7) is 2.79. The Morgan fingerprint density at radius 2 is 1.87 bits per heavy atom. The summed E-state index contributed by atoms with van der Waals surface area (Å²) in [5.41, 5.74) is 2.15. The molecule has 0 radical (unpaired) electrons. The van der Waals surface area contributed by atoms with Gasteiger partial charge in [0, 0.05) is 25.2 Å². The molecule has 0 aliphatic carbocycles. The molecule has 0 spiro atoms. The van der Waals surface area contributed by atoms with E-state index in [1.807, 2.05) is 25.1 Å². The molecule has 0 unspecified atom stereocenters. The molecule has 0 saturated heterocycles. The number of anilines is 1. The lowest BCUT2D eigenvalue weighted by Crippen LogP contribution is -2.22. The number of rotatable bonds is 5. The van der Waals surface area contributed by atoms with Gasteiger partial charge in [0.1, 0.15) is 17.4 Å². The number of pyridine rings is 1. The van der Waals surface area contributed by atoms with Gasteiger partial charge in [-0.25, -0.2) is 9.97 Å². The Morgan fingerprint density at radius 3 is 2.61 bits per heavy atom. The molecule has 118 valence electrons. The fraction of sp³-hybridized carbons (Fsp3) is 0.278. The predicted molar refractivity (Wildman–Crippen MR) is 92.0 cm³/mol. The Balaban J connectivity index is 1.78. The van der Waals surface area contributed by atoms with E-state index in [0.29, 0.717) is 0 Å². The van der Waals surface area contributed by atoms with Gasteiger partial charge in [0.25, 0.3) is 0 Å². The lowest BCUT2D eigenvalue weighted by molar-refractivity contribution is 0.414. The van der Waals surface area contributed by atoms with Gasteiger partial charge in [0.15, 0.2) is 0 Å². The zero-order chi connectivity index (χ0) is 16.2. The third-order valence-electron chi connectivity index (χ3n) is 3.85. The van der Waals surface area contributed by atoms with Crippen LogP contribution in [0.5, 0.6) is 5.75 Å². The first-order chi connectivity index (χ1) is 11.2. The standard InChI is InChI=1S/C18H20N4O/c1-13-20-17-12-19-10-8-16(17)18(21-13)22(2)11-9-14-4-6-15(23-3)7-5-14/h4-8,10,12H,9,11H2,1-3H3. The minimum Gasteiger partial charge on any atom is -0.497 e. The molecule has 0 aliphatic heterocycles. The molecule has 3 aromatic rings. The number of ether oxygens (including phenoxy) is 1. The van der Waals surface area contributed by atoms with Crippen molar-refractivity contribution in [2.45, 2.75) is 13.3 Å². The van der Waals surface area contributed by atoms with E-state index < -0.39 is 0 Å². The quantitative estimate of drug-likeness (QED) is 0.725. The summed E-state index contributed by atoms with van der Waals surface area (Å²) in [5, 5.41) is 1.03. The van der Waals surface area contributed by atoms with Crippen LogP contribution in [-0.2, 0) is 6.42 Å². The number of aryl methyl sites for hydroxylation is 1. The van der Waals surface area contributed by atoms with E-state index in [0.717, 1.165) is 41.3 Å². The summed E-state index contributed by atoms with van der Waals surface area (Å²) < 4.78 is 5.19. The summed E-state index contributed by atoms with van der Waals surface area (Å²) in [6, 6.07) is 10.1. The molecule has 0 bridgehead atoms. The Hall–Kier alpha value is -2.69. The first-order valence-corrected chi connectivity index (χ1v) is 7.60. The highest BCUT2D eigenvalue weighted by Gasteiger charge is 2.10. The Bertz CT molecular complexity index is 802. The summed E-state index contributed by atoms with van der Waals surface area (Å²) in [6.07, 6.45) is 4.50. The first-order valence-electron chi connectivity index (χ1n) is 7.60. The average molecular weight is 308 g/mol. The van der Waals surface area contributed by atoms with E-state index in [9.17, 15) is 0 Å². The van der Waals surface area contributed by atoms with Crippen molar-refractivity contribution in [3.05, 3.63) is 54.1 Å². The van der Waals surface area contributed by atoms with Gasteiger partial charge in [-0.05, 0) is 37.1 Å². The van der Waals surface area contributed by atoms with Crippen molar-refractivity contribution < 1.29 is 4.74 Å². The second-order valence-electron chi connectivity index (χ2n) is 5.51. The molecule has 0 fully saturated rings. The highest BCUT2D eigenvalue weighted by atomic mass is 16.5. The van der Waals surface area contributed by atoms with Crippen LogP contribution in [-0.4, -0.2) is 35.7 Å². The van der Waals surface area contributed by atoms with Crippen molar-refractivity contribution in [2.75, 3.05) is 25.6 Å². The molecule has 5 heteroatoms. The van der Waals surface area contributed by atoms with E-state index in [-0.39, 0.29) is 0 Å². The molecule has 5 nitrogen and oxygen atoms in total. The van der Waals surface area contributed by atoms with Crippen LogP contribution >= 0.6 is 0 Å². The van der Waals surface area contributed by atoms with E-state index in [1.54, 1.807) is 19.5 Å². The monoisotopic (exact) mass is 308 g/mol. The van der Waals surface area contributed by atoms with Gasteiger partial charge >= 0.3 is 0 Å². The van der Waals surface area contributed by atoms with Crippen molar-refractivity contribution in [1.82, 2.24) is 15.0 Å². The fourth-order valence-electron chi connectivity index (χ4n) is 2.56. The number of likely N-dealkylation sites (N-methyl/N-ethyl adjacent to an activating group) is 1. The molecular formula is C18H20N4O. The van der Waals surface area contributed by atoms with Crippen molar-refractivity contribution in [1.29, 1.82) is 0 Å². The van der Waals surface area contributed by atoms with Crippen LogP contribution in [0.1, 0.15) is 11.4 Å². The van der Waals surface area contributed by atoms with Crippen LogP contribution in [0.15, 0.2) is 42.7 Å². The van der Waals surface area contributed by atoms with Crippen LogP contribution in [0.4, 0.5) is 5.82 Å². The lowest BCUT2D eigenvalue weighted by atomic mass is 10.1. The Kier molecular flexibility index (Phi) is 4.37. The Morgan fingerprint density at radius 1 is 1.09 bits per heavy atom. The van der Waals surface area contributed by atoms with Gasteiger partial charge in [0.2, 0.25) is 0 Å². The van der Waals surface area contributed by atoms with Gasteiger partial charge in [-0.3, -0.25) is 4.98 Å². The molecule has 0 aliphatic rings. The van der Waals surface area contributed by atoms with Gasteiger partial charge < -0.3 is 9.64 Å². The number of fused-ring (bicyclic) bond motifs is 1. The first kappa shape index (κ1) is 15.2. The zero-order valence-electron chi connectivity index (χ0n) is 13.7. The molecule has 0 N–H and O–H groups in total. The van der Waals surface area contributed by atoms with Crippen LogP contribution < -0.4 is 9.64 Å². The van der Waals surface area contributed by atoms with E-state index in [2.05, 4.69) is 39.0 Å². The largest absolute Gasteiger partial charge is 0.497 e.